The molecule has 0 fully saturated rings. The van der Waals surface area contributed by atoms with Crippen LogP contribution in [0.3, 0.4) is 0 Å². The zero-order chi connectivity index (χ0) is 14.0. The van der Waals surface area contributed by atoms with Crippen LogP contribution in [0.5, 0.6) is 0 Å². The summed E-state index contributed by atoms with van der Waals surface area (Å²) in [5, 5.41) is 0. The van der Waals surface area contributed by atoms with E-state index in [4.69, 9.17) is 5.73 Å². The smallest absolute Gasteiger partial charge is 0.326 e. The molecule has 0 saturated carbocycles. The zero-order valence-electron chi connectivity index (χ0n) is 9.86. The van der Waals surface area contributed by atoms with E-state index in [-0.39, 0.29) is 12.1 Å². The van der Waals surface area contributed by atoms with E-state index >= 15 is 0 Å². The number of hydrogen-bond acceptors (Lipinski definition) is 5. The zero-order valence-corrected chi connectivity index (χ0v) is 11.5. The molecule has 2 rings (SSSR count). The van der Waals surface area contributed by atoms with E-state index in [0.29, 0.717) is 15.1 Å². The average Bonchev–Trinajstić information content (AvgIpc) is 2.73. The van der Waals surface area contributed by atoms with E-state index in [9.17, 15) is 13.2 Å². The van der Waals surface area contributed by atoms with Crippen LogP contribution in [0, 0.1) is 6.92 Å². The van der Waals surface area contributed by atoms with Crippen molar-refractivity contribution in [2.24, 2.45) is 5.73 Å². The lowest BCUT2D eigenvalue weighted by Gasteiger charge is -2.12. The highest BCUT2D eigenvalue weighted by Gasteiger charge is 2.32. The molecule has 0 saturated heterocycles. The van der Waals surface area contributed by atoms with Crippen LogP contribution in [0.1, 0.15) is 17.0 Å². The molecule has 0 bridgehead atoms. The molecule has 0 aliphatic carbocycles. The topological polar surface area (TPSA) is 51.8 Å². The summed E-state index contributed by atoms with van der Waals surface area (Å²) in [5.41, 5.74) is 4.77. The number of aromatic nitrogens is 2. The van der Waals surface area contributed by atoms with Gasteiger partial charge in [0.25, 0.3) is 0 Å². The molecule has 0 spiro atoms. The van der Waals surface area contributed by atoms with E-state index in [1.54, 1.807) is 6.92 Å². The Morgan fingerprint density at radius 1 is 1.37 bits per heavy atom. The summed E-state index contributed by atoms with van der Waals surface area (Å²) in [5.74, 6) is 0.651. The van der Waals surface area contributed by atoms with E-state index < -0.39 is 11.7 Å². The van der Waals surface area contributed by atoms with E-state index in [2.05, 4.69) is 9.36 Å². The van der Waals surface area contributed by atoms with Crippen molar-refractivity contribution in [2.45, 2.75) is 28.9 Å². The van der Waals surface area contributed by atoms with Gasteiger partial charge < -0.3 is 5.73 Å². The van der Waals surface area contributed by atoms with Gasteiger partial charge in [0.05, 0.1) is 5.56 Å². The molecule has 19 heavy (non-hydrogen) atoms. The normalized spacial score (nSPS) is 11.8. The molecule has 1 aromatic heterocycles. The molecule has 2 N–H and O–H groups in total. The fourth-order valence-electron chi connectivity index (χ4n) is 1.50. The van der Waals surface area contributed by atoms with Crippen molar-refractivity contribution in [1.82, 2.24) is 9.36 Å². The lowest BCUT2D eigenvalue weighted by atomic mass is 10.1. The Morgan fingerprint density at radius 2 is 2.11 bits per heavy atom. The summed E-state index contributed by atoms with van der Waals surface area (Å²) in [4.78, 5) is 4.82. The number of nitrogens with two attached hydrogens (primary N) is 1. The maximum absolute atomic E-state index is 12.7. The minimum absolute atomic E-state index is 0.0822. The number of benzene rings is 1. The van der Waals surface area contributed by atoms with Crippen LogP contribution >= 0.6 is 23.3 Å². The van der Waals surface area contributed by atoms with Gasteiger partial charge in [-0.25, -0.2) is 4.98 Å². The summed E-state index contributed by atoms with van der Waals surface area (Å²) in [6.45, 7) is 1.61. The Labute approximate surface area is 116 Å². The molecule has 1 aromatic carbocycles. The van der Waals surface area contributed by atoms with Crippen LogP contribution in [0.4, 0.5) is 13.2 Å². The van der Waals surface area contributed by atoms with E-state index in [1.807, 2.05) is 0 Å². The minimum atomic E-state index is -4.38. The van der Waals surface area contributed by atoms with Crippen LogP contribution < -0.4 is 5.73 Å². The second-order valence-corrected chi connectivity index (χ2v) is 5.80. The lowest BCUT2D eigenvalue weighted by Crippen LogP contribution is -2.11. The maximum atomic E-state index is 12.7. The average molecular weight is 305 g/mol. The van der Waals surface area contributed by atoms with Gasteiger partial charge >= 0.3 is 6.18 Å². The molecule has 0 amide bonds. The van der Waals surface area contributed by atoms with Crippen LogP contribution in [-0.4, -0.2) is 9.36 Å². The second-order valence-electron chi connectivity index (χ2n) is 3.73. The van der Waals surface area contributed by atoms with Crippen LogP contribution in [0.25, 0.3) is 0 Å². The molecular weight excluding hydrogens is 295 g/mol. The predicted molar refractivity (Wildman–Crippen MR) is 68.1 cm³/mol. The predicted octanol–water partition coefficient (Wildman–Crippen LogP) is 3.48. The third kappa shape index (κ3) is 3.46. The highest BCUT2D eigenvalue weighted by Crippen LogP contribution is 2.36. The van der Waals surface area contributed by atoms with Gasteiger partial charge in [-0.1, -0.05) is 11.8 Å². The largest absolute Gasteiger partial charge is 0.416 e. The van der Waals surface area contributed by atoms with E-state index in [0.717, 1.165) is 6.07 Å². The standard InChI is InChI=1S/C11H10F3N3S2/c1-6-16-10(19-17-6)18-8-2-3-9(11(12,13)14)7(4-8)5-15/h2-4H,5,15H2,1H3. The van der Waals surface area contributed by atoms with Gasteiger partial charge in [0.2, 0.25) is 0 Å². The highest BCUT2D eigenvalue weighted by molar-refractivity contribution is 8.01. The Hall–Kier alpha value is -1.12. The molecule has 102 valence electrons. The number of halogens is 3. The molecule has 8 heteroatoms. The number of nitrogens with zero attached hydrogens (tertiary/aromatic N) is 2. The first kappa shape index (κ1) is 14.3. The number of hydrogen-bond donors (Lipinski definition) is 1. The third-order valence-electron chi connectivity index (χ3n) is 2.32. The first-order valence-electron chi connectivity index (χ1n) is 5.28. The SMILES string of the molecule is Cc1nsc(Sc2ccc(C(F)(F)F)c(CN)c2)n1. The van der Waals surface area contributed by atoms with Gasteiger partial charge in [-0.15, -0.1) is 0 Å². The molecule has 0 radical (unpaired) electrons. The summed E-state index contributed by atoms with van der Waals surface area (Å²) >= 11 is 2.50. The van der Waals surface area contributed by atoms with Gasteiger partial charge in [0, 0.05) is 11.4 Å². The summed E-state index contributed by atoms with van der Waals surface area (Å²) in [7, 11) is 0. The van der Waals surface area contributed by atoms with Crippen molar-refractivity contribution < 1.29 is 13.2 Å². The summed E-state index contributed by atoms with van der Waals surface area (Å²) in [6, 6.07) is 3.92. The quantitative estimate of drug-likeness (QED) is 0.943. The Balaban J connectivity index is 2.29. The fraction of sp³-hybridized carbons (Fsp3) is 0.273. The molecule has 1 heterocycles. The number of rotatable bonds is 3. The van der Waals surface area contributed by atoms with Crippen molar-refractivity contribution in [1.29, 1.82) is 0 Å². The molecule has 0 aliphatic rings. The summed E-state index contributed by atoms with van der Waals surface area (Å²) in [6.07, 6.45) is -4.38. The molecular formula is C11H10F3N3S2. The highest BCUT2D eigenvalue weighted by atomic mass is 32.2. The van der Waals surface area contributed by atoms with Gasteiger partial charge in [-0.2, -0.15) is 17.5 Å². The van der Waals surface area contributed by atoms with Crippen molar-refractivity contribution in [3.63, 3.8) is 0 Å². The van der Waals surface area contributed by atoms with Crippen molar-refractivity contribution >= 4 is 23.3 Å². The van der Waals surface area contributed by atoms with Gasteiger partial charge in [-0.05, 0) is 42.2 Å². The number of aryl methyl sites for hydroxylation is 1. The van der Waals surface area contributed by atoms with Gasteiger partial charge in [0.1, 0.15) is 5.82 Å². The van der Waals surface area contributed by atoms with Crippen LogP contribution in [0.15, 0.2) is 27.4 Å². The van der Waals surface area contributed by atoms with Gasteiger partial charge in [0.15, 0.2) is 4.34 Å². The Bertz CT molecular complexity index is 581. The lowest BCUT2D eigenvalue weighted by molar-refractivity contribution is -0.138. The third-order valence-corrected chi connectivity index (χ3v) is 4.15. The Kier molecular flexibility index (Phi) is 4.12. The molecule has 2 aromatic rings. The minimum Gasteiger partial charge on any atom is -0.326 e. The van der Waals surface area contributed by atoms with E-state index in [1.165, 1.54) is 35.4 Å². The first-order chi connectivity index (χ1) is 8.90. The molecule has 0 aliphatic heterocycles. The van der Waals surface area contributed by atoms with Gasteiger partial charge in [-0.3, -0.25) is 0 Å². The van der Waals surface area contributed by atoms with Crippen molar-refractivity contribution in [3.05, 3.63) is 35.2 Å². The molecule has 0 unspecified atom stereocenters. The fourth-order valence-corrected chi connectivity index (χ4v) is 3.19. The summed E-state index contributed by atoms with van der Waals surface area (Å²) < 4.78 is 42.9. The van der Waals surface area contributed by atoms with Crippen molar-refractivity contribution in [3.8, 4) is 0 Å². The second kappa shape index (κ2) is 5.48. The van der Waals surface area contributed by atoms with Crippen LogP contribution in [-0.2, 0) is 12.7 Å². The number of alkyl halides is 3. The maximum Gasteiger partial charge on any atom is 0.416 e. The monoisotopic (exact) mass is 305 g/mol. The Morgan fingerprint density at radius 3 is 2.63 bits per heavy atom. The molecule has 3 nitrogen and oxygen atoms in total. The van der Waals surface area contributed by atoms with Crippen LogP contribution in [0.2, 0.25) is 0 Å². The first-order valence-corrected chi connectivity index (χ1v) is 6.87. The molecule has 0 atom stereocenters. The van der Waals surface area contributed by atoms with Crippen molar-refractivity contribution in [2.75, 3.05) is 0 Å².